The fourth-order valence-corrected chi connectivity index (χ4v) is 2.51. The molecule has 6 nitrogen and oxygen atoms in total. The number of carbonyl (C=O) groups excluding carboxylic acids is 1. The number of amides is 1. The zero-order chi connectivity index (χ0) is 16.2. The molecule has 1 aliphatic rings. The van der Waals surface area contributed by atoms with E-state index in [1.807, 2.05) is 0 Å². The summed E-state index contributed by atoms with van der Waals surface area (Å²) < 4.78 is 28.7. The van der Waals surface area contributed by atoms with Gasteiger partial charge in [-0.3, -0.25) is 9.89 Å². The van der Waals surface area contributed by atoms with Crippen LogP contribution in [-0.4, -0.2) is 29.3 Å². The number of hydrogen-bond donors (Lipinski definition) is 3. The van der Waals surface area contributed by atoms with Crippen LogP contribution in [0.4, 0.5) is 8.78 Å². The van der Waals surface area contributed by atoms with E-state index < -0.39 is 6.61 Å². The molecule has 0 saturated carbocycles. The first-order valence-electron chi connectivity index (χ1n) is 7.22. The molecule has 0 aliphatic carbocycles. The Labute approximate surface area is 131 Å². The number of H-pyrrole nitrogens is 1. The summed E-state index contributed by atoms with van der Waals surface area (Å²) in [6.07, 6.45) is 0.808. The summed E-state index contributed by atoms with van der Waals surface area (Å²) in [5.41, 5.74) is 2.89. The minimum atomic E-state index is -2.87. The molecule has 2 aromatic rings. The van der Waals surface area contributed by atoms with Crippen LogP contribution in [0, 0.1) is 0 Å². The maximum Gasteiger partial charge on any atom is 0.387 e. The highest BCUT2D eigenvalue weighted by atomic mass is 19.3. The van der Waals surface area contributed by atoms with Gasteiger partial charge in [0.2, 0.25) is 0 Å². The average molecular weight is 322 g/mol. The minimum absolute atomic E-state index is 0.0631. The van der Waals surface area contributed by atoms with E-state index in [1.165, 1.54) is 12.1 Å². The van der Waals surface area contributed by atoms with Gasteiger partial charge in [0.1, 0.15) is 5.75 Å². The maximum atomic E-state index is 12.2. The molecule has 23 heavy (non-hydrogen) atoms. The number of carbonyl (C=O) groups is 1. The maximum absolute atomic E-state index is 12.2. The number of nitrogens with zero attached hydrogens (tertiary/aromatic N) is 1. The van der Waals surface area contributed by atoms with E-state index in [4.69, 9.17) is 0 Å². The number of rotatable bonds is 5. The van der Waals surface area contributed by atoms with Crippen LogP contribution >= 0.6 is 0 Å². The van der Waals surface area contributed by atoms with Crippen molar-refractivity contribution in [2.24, 2.45) is 0 Å². The van der Waals surface area contributed by atoms with Crippen molar-refractivity contribution in [1.29, 1.82) is 0 Å². The molecule has 0 saturated heterocycles. The van der Waals surface area contributed by atoms with E-state index in [2.05, 4.69) is 25.6 Å². The van der Waals surface area contributed by atoms with Gasteiger partial charge in [-0.2, -0.15) is 13.9 Å². The zero-order valence-corrected chi connectivity index (χ0v) is 12.2. The second kappa shape index (κ2) is 6.74. The molecule has 1 aromatic carbocycles. The normalized spacial score (nSPS) is 13.7. The Morgan fingerprint density at radius 2 is 2.30 bits per heavy atom. The van der Waals surface area contributed by atoms with Gasteiger partial charge < -0.3 is 15.4 Å². The molecule has 1 aliphatic heterocycles. The number of hydrogen-bond acceptors (Lipinski definition) is 4. The second-order valence-corrected chi connectivity index (χ2v) is 5.16. The topological polar surface area (TPSA) is 79.0 Å². The molecule has 0 radical (unpaired) electrons. The first-order chi connectivity index (χ1) is 11.1. The van der Waals surface area contributed by atoms with E-state index in [0.29, 0.717) is 17.8 Å². The predicted octanol–water partition coefficient (Wildman–Crippen LogP) is 1.59. The van der Waals surface area contributed by atoms with Gasteiger partial charge >= 0.3 is 6.61 Å². The second-order valence-electron chi connectivity index (χ2n) is 5.16. The summed E-state index contributed by atoms with van der Waals surface area (Å²) in [4.78, 5) is 12.2. The number of alkyl halides is 2. The average Bonchev–Trinajstić information content (AvgIpc) is 2.96. The van der Waals surface area contributed by atoms with Gasteiger partial charge in [0.15, 0.2) is 5.69 Å². The van der Waals surface area contributed by atoms with Crippen LogP contribution in [0.25, 0.3) is 0 Å². The molecule has 3 rings (SSSR count). The molecule has 2 heterocycles. The Kier molecular flexibility index (Phi) is 4.52. The van der Waals surface area contributed by atoms with E-state index in [-0.39, 0.29) is 18.2 Å². The summed E-state index contributed by atoms with van der Waals surface area (Å²) in [5.74, 6) is -0.237. The summed E-state index contributed by atoms with van der Waals surface area (Å²) in [6.45, 7) is -1.21. The van der Waals surface area contributed by atoms with Crippen LogP contribution < -0.4 is 15.4 Å². The standard InChI is InChI=1S/C15H16F2N4O2/c16-15(17)23-10-3-1-2-9(6-10)7-19-14(22)13-11-8-18-5-4-12(11)20-21-13/h1-3,6,15,18H,4-5,7-8H2,(H,19,22)(H,20,21). The number of aromatic nitrogens is 2. The van der Waals surface area contributed by atoms with Crippen molar-refractivity contribution in [2.75, 3.05) is 6.54 Å². The predicted molar refractivity (Wildman–Crippen MR) is 78.2 cm³/mol. The van der Waals surface area contributed by atoms with Crippen LogP contribution in [0.5, 0.6) is 5.75 Å². The van der Waals surface area contributed by atoms with Crippen molar-refractivity contribution >= 4 is 5.91 Å². The van der Waals surface area contributed by atoms with Gasteiger partial charge in [0.05, 0.1) is 0 Å². The van der Waals surface area contributed by atoms with Crippen molar-refractivity contribution in [3.8, 4) is 5.75 Å². The van der Waals surface area contributed by atoms with Crippen molar-refractivity contribution in [2.45, 2.75) is 26.1 Å². The van der Waals surface area contributed by atoms with Gasteiger partial charge in [-0.25, -0.2) is 0 Å². The molecule has 1 aromatic heterocycles. The van der Waals surface area contributed by atoms with Gasteiger partial charge in [-0.05, 0) is 17.7 Å². The van der Waals surface area contributed by atoms with Gasteiger partial charge in [-0.15, -0.1) is 0 Å². The Balaban J connectivity index is 1.64. The fourth-order valence-electron chi connectivity index (χ4n) is 2.51. The molecule has 8 heteroatoms. The molecule has 0 spiro atoms. The minimum Gasteiger partial charge on any atom is -0.435 e. The third kappa shape index (κ3) is 3.65. The monoisotopic (exact) mass is 322 g/mol. The van der Waals surface area contributed by atoms with Crippen molar-refractivity contribution < 1.29 is 18.3 Å². The highest BCUT2D eigenvalue weighted by Gasteiger charge is 2.21. The smallest absolute Gasteiger partial charge is 0.387 e. The van der Waals surface area contributed by atoms with Crippen LogP contribution in [0.1, 0.15) is 27.3 Å². The first-order valence-corrected chi connectivity index (χ1v) is 7.22. The molecular formula is C15H16F2N4O2. The van der Waals surface area contributed by atoms with E-state index >= 15 is 0 Å². The lowest BCUT2D eigenvalue weighted by molar-refractivity contribution is -0.0498. The first kappa shape index (κ1) is 15.4. The molecule has 0 atom stereocenters. The Bertz CT molecular complexity index is 703. The number of halogens is 2. The quantitative estimate of drug-likeness (QED) is 0.781. The van der Waals surface area contributed by atoms with Crippen molar-refractivity contribution in [3.63, 3.8) is 0 Å². The largest absolute Gasteiger partial charge is 0.435 e. The summed E-state index contributed by atoms with van der Waals surface area (Å²) in [7, 11) is 0. The molecule has 0 unspecified atom stereocenters. The molecular weight excluding hydrogens is 306 g/mol. The third-order valence-electron chi connectivity index (χ3n) is 3.60. The number of aromatic amines is 1. The Morgan fingerprint density at radius 1 is 1.43 bits per heavy atom. The molecule has 0 bridgehead atoms. The van der Waals surface area contributed by atoms with Crippen molar-refractivity contribution in [1.82, 2.24) is 20.8 Å². The number of nitrogens with one attached hydrogen (secondary N) is 3. The van der Waals surface area contributed by atoms with Crippen LogP contribution in [0.2, 0.25) is 0 Å². The lowest BCUT2D eigenvalue weighted by atomic mass is 10.1. The number of benzene rings is 1. The molecule has 1 amide bonds. The number of fused-ring (bicyclic) bond motifs is 1. The summed E-state index contributed by atoms with van der Waals surface area (Å²) in [5, 5.41) is 12.9. The van der Waals surface area contributed by atoms with Crippen LogP contribution in [0.15, 0.2) is 24.3 Å². The van der Waals surface area contributed by atoms with Gasteiger partial charge in [0, 0.05) is 37.3 Å². The van der Waals surface area contributed by atoms with Gasteiger partial charge in [-0.1, -0.05) is 12.1 Å². The van der Waals surface area contributed by atoms with Crippen molar-refractivity contribution in [3.05, 3.63) is 46.8 Å². The fraction of sp³-hybridized carbons (Fsp3) is 0.333. The van der Waals surface area contributed by atoms with Gasteiger partial charge in [0.25, 0.3) is 5.91 Å². The highest BCUT2D eigenvalue weighted by Crippen LogP contribution is 2.17. The lowest BCUT2D eigenvalue weighted by Gasteiger charge is -2.13. The summed E-state index contributed by atoms with van der Waals surface area (Å²) >= 11 is 0. The SMILES string of the molecule is O=C(NCc1cccc(OC(F)F)c1)c1n[nH]c2c1CNCC2. The molecule has 3 N–H and O–H groups in total. The van der Waals surface area contributed by atoms with Crippen LogP contribution in [-0.2, 0) is 19.5 Å². The van der Waals surface area contributed by atoms with E-state index in [9.17, 15) is 13.6 Å². The van der Waals surface area contributed by atoms with E-state index in [0.717, 1.165) is 24.2 Å². The Hall–Kier alpha value is -2.48. The number of ether oxygens (including phenoxy) is 1. The lowest BCUT2D eigenvalue weighted by Crippen LogP contribution is -2.28. The molecule has 122 valence electrons. The molecule has 0 fully saturated rings. The highest BCUT2D eigenvalue weighted by molar-refractivity contribution is 5.94. The Morgan fingerprint density at radius 3 is 3.13 bits per heavy atom. The summed E-state index contributed by atoms with van der Waals surface area (Å²) in [6, 6.07) is 6.22. The van der Waals surface area contributed by atoms with E-state index in [1.54, 1.807) is 12.1 Å². The van der Waals surface area contributed by atoms with Crippen LogP contribution in [0.3, 0.4) is 0 Å². The zero-order valence-electron chi connectivity index (χ0n) is 12.2. The third-order valence-corrected chi connectivity index (χ3v) is 3.60.